The maximum atomic E-state index is 14.3. The van der Waals surface area contributed by atoms with Crippen LogP contribution in [0.1, 0.15) is 48.7 Å². The molecule has 1 heterocycles. The number of amides is 1. The molecule has 3 aromatic carbocycles. The van der Waals surface area contributed by atoms with Gasteiger partial charge in [0, 0.05) is 5.02 Å². The lowest BCUT2D eigenvalue weighted by Gasteiger charge is -2.31. The summed E-state index contributed by atoms with van der Waals surface area (Å²) in [4.78, 5) is 27.9. The first-order valence-corrected chi connectivity index (χ1v) is 11.9. The smallest absolute Gasteiger partial charge is 0.326 e. The quantitative estimate of drug-likeness (QED) is 0.423. The highest BCUT2D eigenvalue weighted by Gasteiger charge is 2.43. The van der Waals surface area contributed by atoms with Crippen LogP contribution in [0.5, 0.6) is 5.75 Å². The van der Waals surface area contributed by atoms with Gasteiger partial charge in [0.25, 0.3) is 5.91 Å². The van der Waals surface area contributed by atoms with Crippen molar-refractivity contribution in [1.82, 2.24) is 4.90 Å². The van der Waals surface area contributed by atoms with E-state index in [1.807, 2.05) is 74.5 Å². The Morgan fingerprint density at radius 3 is 2.38 bits per heavy atom. The Kier molecular flexibility index (Phi) is 7.23. The molecule has 1 aliphatic heterocycles. The van der Waals surface area contributed by atoms with Crippen molar-refractivity contribution < 1.29 is 19.4 Å². The number of carboxylic acids is 1. The number of hydrogen-bond donors (Lipinski definition) is 1. The zero-order valence-electron chi connectivity index (χ0n) is 19.3. The number of benzene rings is 3. The monoisotopic (exact) mass is 477 g/mol. The van der Waals surface area contributed by atoms with Crippen molar-refractivity contribution in [2.75, 3.05) is 6.61 Å². The molecule has 0 aromatic heterocycles. The van der Waals surface area contributed by atoms with E-state index in [2.05, 4.69) is 0 Å². The van der Waals surface area contributed by atoms with Crippen LogP contribution in [-0.4, -0.2) is 34.5 Å². The van der Waals surface area contributed by atoms with Crippen molar-refractivity contribution >= 4 is 23.5 Å². The van der Waals surface area contributed by atoms with Crippen LogP contribution in [0, 0.1) is 5.92 Å². The summed E-state index contributed by atoms with van der Waals surface area (Å²) in [5.41, 5.74) is 2.70. The lowest BCUT2D eigenvalue weighted by molar-refractivity contribution is -0.141. The van der Waals surface area contributed by atoms with E-state index in [9.17, 15) is 14.7 Å². The molecule has 1 fully saturated rings. The molecule has 0 aliphatic carbocycles. The first-order chi connectivity index (χ1) is 16.4. The van der Waals surface area contributed by atoms with Gasteiger partial charge in [-0.05, 0) is 47.6 Å². The number of nitrogens with zero attached hydrogens (tertiary/aromatic N) is 1. The van der Waals surface area contributed by atoms with Crippen LogP contribution in [0.25, 0.3) is 11.1 Å². The third kappa shape index (κ3) is 4.80. The fraction of sp³-hybridized carbons (Fsp3) is 0.286. The molecule has 4 rings (SSSR count). The molecule has 0 bridgehead atoms. The SMILES string of the molecule is CC(C)COc1cccc(-c2ccccc2)c1C(=O)N1C(C(=O)O)CCC1c1ccccc1Cl. The molecule has 2 unspecified atom stereocenters. The lowest BCUT2D eigenvalue weighted by Crippen LogP contribution is -2.42. The van der Waals surface area contributed by atoms with Gasteiger partial charge >= 0.3 is 5.97 Å². The second-order valence-electron chi connectivity index (χ2n) is 8.93. The average molecular weight is 478 g/mol. The van der Waals surface area contributed by atoms with Crippen molar-refractivity contribution in [2.45, 2.75) is 38.8 Å². The second-order valence-corrected chi connectivity index (χ2v) is 9.34. The highest BCUT2D eigenvalue weighted by atomic mass is 35.5. The van der Waals surface area contributed by atoms with E-state index in [0.29, 0.717) is 41.3 Å². The van der Waals surface area contributed by atoms with E-state index >= 15 is 0 Å². The zero-order valence-corrected chi connectivity index (χ0v) is 20.0. The number of halogens is 1. The standard InChI is InChI=1S/C28H28ClNO4/c1-18(2)17-34-25-14-8-12-20(19-9-4-3-5-10-19)26(25)27(31)30-23(15-16-24(30)28(32)33)21-11-6-7-13-22(21)29/h3-14,18,23-24H,15-17H2,1-2H3,(H,32,33). The van der Waals surface area contributed by atoms with Gasteiger partial charge in [-0.1, -0.05) is 86.1 Å². The van der Waals surface area contributed by atoms with Crippen LogP contribution in [0.3, 0.4) is 0 Å². The van der Waals surface area contributed by atoms with Gasteiger partial charge in [-0.15, -0.1) is 0 Å². The number of hydrogen-bond acceptors (Lipinski definition) is 3. The number of rotatable bonds is 7. The van der Waals surface area contributed by atoms with E-state index in [1.165, 1.54) is 4.90 Å². The minimum atomic E-state index is -1.02. The first kappa shape index (κ1) is 23.8. The van der Waals surface area contributed by atoms with Crippen molar-refractivity contribution in [3.05, 3.63) is 88.9 Å². The summed E-state index contributed by atoms with van der Waals surface area (Å²) in [5, 5.41) is 10.5. The molecule has 1 amide bonds. The van der Waals surface area contributed by atoms with Gasteiger partial charge < -0.3 is 14.7 Å². The predicted octanol–water partition coefficient (Wildman–Crippen LogP) is 6.47. The van der Waals surface area contributed by atoms with Crippen LogP contribution in [0.4, 0.5) is 0 Å². The third-order valence-corrected chi connectivity index (χ3v) is 6.41. The minimum absolute atomic E-state index is 0.262. The molecule has 0 spiro atoms. The van der Waals surface area contributed by atoms with Gasteiger partial charge in [0.15, 0.2) is 0 Å². The Labute approximate surface area is 204 Å². The highest BCUT2D eigenvalue weighted by molar-refractivity contribution is 6.31. The van der Waals surface area contributed by atoms with Crippen LogP contribution in [-0.2, 0) is 4.79 Å². The summed E-state index contributed by atoms with van der Waals surface area (Å²) in [6, 6.07) is 21.0. The Balaban J connectivity index is 1.86. The van der Waals surface area contributed by atoms with Gasteiger partial charge in [0.1, 0.15) is 11.8 Å². The number of aliphatic carboxylic acids is 1. The third-order valence-electron chi connectivity index (χ3n) is 6.07. The average Bonchev–Trinajstić information content (AvgIpc) is 3.28. The van der Waals surface area contributed by atoms with Crippen LogP contribution >= 0.6 is 11.6 Å². The molecule has 34 heavy (non-hydrogen) atoms. The Morgan fingerprint density at radius 2 is 1.71 bits per heavy atom. The van der Waals surface area contributed by atoms with Crippen LogP contribution < -0.4 is 4.74 Å². The first-order valence-electron chi connectivity index (χ1n) is 11.5. The molecule has 1 aliphatic rings. The van der Waals surface area contributed by atoms with Gasteiger partial charge in [0.05, 0.1) is 18.2 Å². The normalized spacial score (nSPS) is 17.7. The number of carbonyl (C=O) groups is 2. The predicted molar refractivity (Wildman–Crippen MR) is 133 cm³/mol. The van der Waals surface area contributed by atoms with Crippen molar-refractivity contribution in [3.63, 3.8) is 0 Å². The van der Waals surface area contributed by atoms with Gasteiger partial charge in [-0.2, -0.15) is 0 Å². The van der Waals surface area contributed by atoms with E-state index in [0.717, 1.165) is 11.1 Å². The fourth-order valence-corrected chi connectivity index (χ4v) is 4.76. The summed E-state index contributed by atoms with van der Waals surface area (Å²) < 4.78 is 6.08. The minimum Gasteiger partial charge on any atom is -0.492 e. The molecule has 3 aromatic rings. The summed E-state index contributed by atoms with van der Waals surface area (Å²) in [5.74, 6) is -0.676. The number of likely N-dealkylation sites (tertiary alicyclic amines) is 1. The highest BCUT2D eigenvalue weighted by Crippen LogP contribution is 2.42. The largest absolute Gasteiger partial charge is 0.492 e. The molecule has 0 saturated carbocycles. The van der Waals surface area contributed by atoms with E-state index < -0.39 is 18.1 Å². The van der Waals surface area contributed by atoms with E-state index in [-0.39, 0.29) is 11.8 Å². The molecule has 5 nitrogen and oxygen atoms in total. The molecule has 176 valence electrons. The van der Waals surface area contributed by atoms with E-state index in [1.54, 1.807) is 12.1 Å². The van der Waals surface area contributed by atoms with Crippen molar-refractivity contribution in [1.29, 1.82) is 0 Å². The summed E-state index contributed by atoms with van der Waals surface area (Å²) in [6.07, 6.45) is 0.870. The maximum Gasteiger partial charge on any atom is 0.326 e. The molecule has 0 radical (unpaired) electrons. The lowest BCUT2D eigenvalue weighted by atomic mass is 9.96. The second kappa shape index (κ2) is 10.3. The van der Waals surface area contributed by atoms with E-state index in [4.69, 9.17) is 16.3 Å². The van der Waals surface area contributed by atoms with Crippen molar-refractivity contribution in [2.24, 2.45) is 5.92 Å². The van der Waals surface area contributed by atoms with Gasteiger partial charge in [-0.3, -0.25) is 4.79 Å². The number of ether oxygens (including phenoxy) is 1. The number of carbonyl (C=O) groups excluding carboxylic acids is 1. The maximum absolute atomic E-state index is 14.3. The van der Waals surface area contributed by atoms with Gasteiger partial charge in [0.2, 0.25) is 0 Å². The summed E-state index contributed by atoms with van der Waals surface area (Å²) in [7, 11) is 0. The molecule has 1 saturated heterocycles. The topological polar surface area (TPSA) is 66.8 Å². The Morgan fingerprint density at radius 1 is 1.00 bits per heavy atom. The zero-order chi connectivity index (χ0) is 24.2. The molecule has 2 atom stereocenters. The number of carboxylic acid groups (broad SMARTS) is 1. The Bertz CT molecular complexity index is 1180. The van der Waals surface area contributed by atoms with Crippen molar-refractivity contribution in [3.8, 4) is 16.9 Å². The molecule has 1 N–H and O–H groups in total. The molecular weight excluding hydrogens is 450 g/mol. The molecular formula is C28H28ClNO4. The fourth-order valence-electron chi connectivity index (χ4n) is 4.50. The summed E-state index contributed by atoms with van der Waals surface area (Å²) >= 11 is 6.48. The summed E-state index contributed by atoms with van der Waals surface area (Å²) in [6.45, 7) is 4.52. The molecule has 6 heteroatoms. The van der Waals surface area contributed by atoms with Gasteiger partial charge in [-0.25, -0.2) is 4.79 Å². The van der Waals surface area contributed by atoms with Crippen LogP contribution in [0.15, 0.2) is 72.8 Å². The van der Waals surface area contributed by atoms with Crippen LogP contribution in [0.2, 0.25) is 5.02 Å². The Hall–Kier alpha value is -3.31.